The van der Waals surface area contributed by atoms with Crippen molar-refractivity contribution in [3.8, 4) is 0 Å². The zero-order valence-corrected chi connectivity index (χ0v) is 21.4. The first kappa shape index (κ1) is 32.3. The Morgan fingerprint density at radius 3 is 1.85 bits per heavy atom. The Labute approximate surface area is 205 Å². The molecule has 8 heteroatoms. The number of unbranched alkanes of at least 4 members (excludes halogenated alkanes) is 11. The van der Waals surface area contributed by atoms with Gasteiger partial charge in [0.2, 0.25) is 5.91 Å². The number of amides is 1. The number of esters is 1. The van der Waals surface area contributed by atoms with Crippen LogP contribution >= 0.6 is 0 Å². The Kier molecular flexibility index (Phi) is 20.8. The van der Waals surface area contributed by atoms with Gasteiger partial charge in [-0.3, -0.25) is 9.59 Å². The highest BCUT2D eigenvalue weighted by atomic mass is 16.5. The van der Waals surface area contributed by atoms with Gasteiger partial charge in [0.1, 0.15) is 18.8 Å². The van der Waals surface area contributed by atoms with Crippen molar-refractivity contribution in [3.63, 3.8) is 0 Å². The summed E-state index contributed by atoms with van der Waals surface area (Å²) in [7, 11) is 0. The zero-order chi connectivity index (χ0) is 25.6. The van der Waals surface area contributed by atoms with E-state index in [1.807, 2.05) is 0 Å². The van der Waals surface area contributed by atoms with Crippen LogP contribution in [0.3, 0.4) is 0 Å². The Balaban J connectivity index is 0.000000679. The molecule has 1 aliphatic rings. The lowest BCUT2D eigenvalue weighted by Crippen LogP contribution is -2.36. The molecule has 0 saturated carbocycles. The second-order valence-corrected chi connectivity index (χ2v) is 9.69. The van der Waals surface area contributed by atoms with E-state index in [0.29, 0.717) is 19.3 Å². The third kappa shape index (κ3) is 20.9. The Hall–Kier alpha value is -1.67. The van der Waals surface area contributed by atoms with Gasteiger partial charge in [0.25, 0.3) is 0 Å². The highest BCUT2D eigenvalue weighted by Gasteiger charge is 2.28. The van der Waals surface area contributed by atoms with Gasteiger partial charge >= 0.3 is 11.9 Å². The number of carbonyl (C=O) groups is 3. The van der Waals surface area contributed by atoms with Gasteiger partial charge in [-0.25, -0.2) is 4.79 Å². The van der Waals surface area contributed by atoms with Crippen molar-refractivity contribution < 1.29 is 34.4 Å². The molecule has 1 aliphatic heterocycles. The maximum absolute atomic E-state index is 11.2. The number of nitrogens with one attached hydrogen (secondary N) is 1. The molecule has 2 atom stereocenters. The first-order valence-corrected chi connectivity index (χ1v) is 13.2. The van der Waals surface area contributed by atoms with E-state index in [2.05, 4.69) is 23.9 Å². The molecule has 0 aromatic heterocycles. The molecular weight excluding hydrogens is 438 g/mol. The number of hydrogen-bond donors (Lipinski definition) is 4. The fraction of sp³-hybridized carbons (Fsp3) is 0.885. The summed E-state index contributed by atoms with van der Waals surface area (Å²) in [6, 6.07) is -0.603. The fourth-order valence-corrected chi connectivity index (χ4v) is 3.72. The quantitative estimate of drug-likeness (QED) is 0.157. The average Bonchev–Trinajstić information content (AvgIpc) is 3.23. The van der Waals surface area contributed by atoms with Crippen molar-refractivity contribution in [2.75, 3.05) is 13.2 Å². The summed E-state index contributed by atoms with van der Waals surface area (Å²) in [6.45, 7) is 3.91. The molecule has 0 bridgehead atoms. The maximum Gasteiger partial charge on any atom is 0.328 e. The molecular formula is C26H49NO7. The first-order chi connectivity index (χ1) is 16.3. The lowest BCUT2D eigenvalue weighted by molar-refractivity contribution is -0.150. The average molecular weight is 488 g/mol. The number of hydrogen-bond acceptors (Lipinski definition) is 6. The third-order valence-corrected chi connectivity index (χ3v) is 5.83. The predicted octanol–water partition coefficient (Wildman–Crippen LogP) is 4.35. The number of rotatable bonds is 19. The van der Waals surface area contributed by atoms with Crippen LogP contribution in [0.4, 0.5) is 0 Å². The number of carbonyl (C=O) groups excluding carboxylic acids is 2. The van der Waals surface area contributed by atoms with Crippen molar-refractivity contribution in [2.45, 2.75) is 129 Å². The standard InChI is InChI=1S/C18H36O2.C8H13NO5/c1-17(2)15-13-11-9-7-5-3-4-6-8-10-12-14-16-18(19)20;10-3-5(11)4-14-8(13)6-1-2-7(12)9-6/h17H,3-16H2,1-2H3,(H,19,20);5-6,10-11H,1-4H2,(H,9,12)/t;5?,6-/m.0/s1. The lowest BCUT2D eigenvalue weighted by Gasteiger charge is -2.12. The third-order valence-electron chi connectivity index (χ3n) is 5.83. The van der Waals surface area contributed by atoms with Crippen LogP contribution in [0.5, 0.6) is 0 Å². The monoisotopic (exact) mass is 487 g/mol. The summed E-state index contributed by atoms with van der Waals surface area (Å²) in [5.74, 6) is -0.526. The SMILES string of the molecule is CC(C)CCCCCCCCCCCCCCC(=O)O.O=C1CC[C@@H](C(=O)OCC(O)CO)N1. The van der Waals surface area contributed by atoms with Gasteiger partial charge in [-0.05, 0) is 18.8 Å². The summed E-state index contributed by atoms with van der Waals surface area (Å²) in [5.41, 5.74) is 0. The smallest absolute Gasteiger partial charge is 0.328 e. The molecule has 0 aliphatic carbocycles. The van der Waals surface area contributed by atoms with E-state index >= 15 is 0 Å². The number of carboxylic acids is 1. The predicted molar refractivity (Wildman–Crippen MR) is 132 cm³/mol. The minimum atomic E-state index is -1.06. The van der Waals surface area contributed by atoms with Crippen molar-refractivity contribution in [3.05, 3.63) is 0 Å². The molecule has 8 nitrogen and oxygen atoms in total. The van der Waals surface area contributed by atoms with Crippen LogP contribution in [0, 0.1) is 5.92 Å². The molecule has 0 aromatic carbocycles. The van der Waals surface area contributed by atoms with Crippen LogP contribution < -0.4 is 5.32 Å². The van der Waals surface area contributed by atoms with Gasteiger partial charge in [-0.2, -0.15) is 0 Å². The number of aliphatic hydroxyl groups is 2. The highest BCUT2D eigenvalue weighted by molar-refractivity contribution is 5.88. The molecule has 1 unspecified atom stereocenters. The van der Waals surface area contributed by atoms with Gasteiger partial charge in [-0.15, -0.1) is 0 Å². The van der Waals surface area contributed by atoms with Crippen LogP contribution in [-0.4, -0.2) is 58.5 Å². The van der Waals surface area contributed by atoms with E-state index in [9.17, 15) is 14.4 Å². The topological polar surface area (TPSA) is 133 Å². The van der Waals surface area contributed by atoms with E-state index < -0.39 is 30.7 Å². The minimum Gasteiger partial charge on any atom is -0.481 e. The molecule has 1 amide bonds. The molecule has 1 fully saturated rings. The zero-order valence-electron chi connectivity index (χ0n) is 21.4. The van der Waals surface area contributed by atoms with E-state index in [-0.39, 0.29) is 12.5 Å². The van der Waals surface area contributed by atoms with Crippen molar-refractivity contribution in [1.29, 1.82) is 0 Å². The molecule has 1 saturated heterocycles. The Morgan fingerprint density at radius 1 is 0.941 bits per heavy atom. The number of aliphatic hydroxyl groups excluding tert-OH is 2. The maximum atomic E-state index is 11.2. The van der Waals surface area contributed by atoms with Crippen LogP contribution in [0.1, 0.15) is 117 Å². The van der Waals surface area contributed by atoms with Gasteiger partial charge < -0.3 is 25.4 Å². The van der Waals surface area contributed by atoms with Crippen LogP contribution in [0.15, 0.2) is 0 Å². The van der Waals surface area contributed by atoms with E-state index in [4.69, 9.17) is 15.3 Å². The summed E-state index contributed by atoms with van der Waals surface area (Å²) in [5, 5.41) is 28.3. The van der Waals surface area contributed by atoms with Gasteiger partial charge in [0, 0.05) is 12.8 Å². The van der Waals surface area contributed by atoms with Gasteiger partial charge in [0.05, 0.1) is 6.61 Å². The molecule has 1 rings (SSSR count). The second kappa shape index (κ2) is 21.8. The molecule has 0 radical (unpaired) electrons. The van der Waals surface area contributed by atoms with Crippen molar-refractivity contribution in [2.24, 2.45) is 5.92 Å². The molecule has 0 aromatic rings. The Bertz CT molecular complexity index is 539. The summed E-state index contributed by atoms with van der Waals surface area (Å²) in [4.78, 5) is 32.3. The minimum absolute atomic E-state index is 0.172. The molecule has 1 heterocycles. The fourth-order valence-electron chi connectivity index (χ4n) is 3.72. The molecule has 200 valence electrons. The van der Waals surface area contributed by atoms with E-state index in [1.54, 1.807) is 0 Å². The highest BCUT2D eigenvalue weighted by Crippen LogP contribution is 2.14. The van der Waals surface area contributed by atoms with Crippen LogP contribution in [0.2, 0.25) is 0 Å². The number of aliphatic carboxylic acids is 1. The van der Waals surface area contributed by atoms with E-state index in [0.717, 1.165) is 18.8 Å². The summed E-state index contributed by atoms with van der Waals surface area (Å²) >= 11 is 0. The molecule has 0 spiro atoms. The number of ether oxygens (including phenoxy) is 1. The number of carboxylic acid groups (broad SMARTS) is 1. The van der Waals surface area contributed by atoms with Crippen molar-refractivity contribution >= 4 is 17.8 Å². The summed E-state index contributed by atoms with van der Waals surface area (Å²) in [6.07, 6.45) is 17.0. The van der Waals surface area contributed by atoms with Crippen LogP contribution in [0.25, 0.3) is 0 Å². The first-order valence-electron chi connectivity index (χ1n) is 13.2. The Morgan fingerprint density at radius 2 is 1.44 bits per heavy atom. The normalized spacial score (nSPS) is 16.0. The lowest BCUT2D eigenvalue weighted by atomic mass is 10.0. The van der Waals surface area contributed by atoms with Crippen LogP contribution in [-0.2, 0) is 19.1 Å². The van der Waals surface area contributed by atoms with Gasteiger partial charge in [-0.1, -0.05) is 90.9 Å². The largest absolute Gasteiger partial charge is 0.481 e. The van der Waals surface area contributed by atoms with E-state index in [1.165, 1.54) is 70.6 Å². The summed E-state index contributed by atoms with van der Waals surface area (Å²) < 4.78 is 4.66. The molecule has 34 heavy (non-hydrogen) atoms. The van der Waals surface area contributed by atoms with Gasteiger partial charge in [0.15, 0.2) is 0 Å². The second-order valence-electron chi connectivity index (χ2n) is 9.69. The van der Waals surface area contributed by atoms with Crippen molar-refractivity contribution in [1.82, 2.24) is 5.32 Å². The molecule has 4 N–H and O–H groups in total.